The molecule has 0 aliphatic heterocycles. The van der Waals surface area contributed by atoms with Crippen LogP contribution in [0, 0.1) is 11.3 Å². The lowest BCUT2D eigenvalue weighted by atomic mass is 10.1. The maximum Gasteiger partial charge on any atom is 0.263 e. The smallest absolute Gasteiger partial charge is 0.263 e. The number of fused-ring (bicyclic) bond motifs is 1. The highest BCUT2D eigenvalue weighted by atomic mass is 16.5. The quantitative estimate of drug-likeness (QED) is 0.280. The van der Waals surface area contributed by atoms with Gasteiger partial charge in [0.15, 0.2) is 11.5 Å². The summed E-state index contributed by atoms with van der Waals surface area (Å²) in [6.07, 6.45) is 4.22. The van der Waals surface area contributed by atoms with Gasteiger partial charge in [-0.25, -0.2) is 0 Å². The van der Waals surface area contributed by atoms with E-state index in [1.807, 2.05) is 43.5 Å². The summed E-state index contributed by atoms with van der Waals surface area (Å²) >= 11 is 0. The van der Waals surface area contributed by atoms with Crippen LogP contribution in [0.3, 0.4) is 0 Å². The zero-order valence-corrected chi connectivity index (χ0v) is 17.9. The molecule has 0 saturated heterocycles. The first kappa shape index (κ1) is 21.8. The summed E-state index contributed by atoms with van der Waals surface area (Å²) in [5, 5.41) is 16.5. The number of rotatable bonds is 9. The lowest BCUT2D eigenvalue weighted by Gasteiger charge is -2.16. The number of hydrogen-bond acceptors (Lipinski definition) is 5. The lowest BCUT2D eigenvalue weighted by molar-refractivity contribution is -0.117. The van der Waals surface area contributed by atoms with E-state index >= 15 is 0 Å². The number of nitrogens with one attached hydrogen (secondary N) is 3. The largest absolute Gasteiger partial charge is 0.493 e. The van der Waals surface area contributed by atoms with Gasteiger partial charge in [0.05, 0.1) is 20.3 Å². The van der Waals surface area contributed by atoms with E-state index in [9.17, 15) is 10.1 Å². The third kappa shape index (κ3) is 5.17. The lowest BCUT2D eigenvalue weighted by Crippen LogP contribution is -2.28. The molecule has 1 amide bonds. The van der Waals surface area contributed by atoms with Crippen molar-refractivity contribution in [3.8, 4) is 17.6 Å². The third-order valence-corrected chi connectivity index (χ3v) is 5.08. The van der Waals surface area contributed by atoms with E-state index < -0.39 is 5.91 Å². The fraction of sp³-hybridized carbons (Fsp3) is 0.250. The molecule has 0 aliphatic rings. The number of hydrogen-bond donors (Lipinski definition) is 3. The number of nitrogens with zero attached hydrogens (tertiary/aromatic N) is 1. The molecule has 1 unspecified atom stereocenters. The molecule has 0 saturated carbocycles. The number of aromatic amines is 1. The Morgan fingerprint density at radius 1 is 1.19 bits per heavy atom. The van der Waals surface area contributed by atoms with Crippen molar-refractivity contribution in [3.63, 3.8) is 0 Å². The number of benzene rings is 2. The van der Waals surface area contributed by atoms with Gasteiger partial charge in [-0.1, -0.05) is 24.3 Å². The Hall–Kier alpha value is -3.92. The van der Waals surface area contributed by atoms with Crippen LogP contribution in [-0.2, 0) is 11.2 Å². The van der Waals surface area contributed by atoms with E-state index in [2.05, 4.69) is 21.7 Å². The molecule has 1 heterocycles. The average molecular weight is 418 g/mol. The summed E-state index contributed by atoms with van der Waals surface area (Å²) < 4.78 is 10.5. The number of methoxy groups -OCH3 is 2. The van der Waals surface area contributed by atoms with Crippen molar-refractivity contribution in [2.75, 3.05) is 20.8 Å². The van der Waals surface area contributed by atoms with Crippen LogP contribution in [0.5, 0.6) is 11.5 Å². The molecule has 7 nitrogen and oxygen atoms in total. The van der Waals surface area contributed by atoms with Crippen molar-refractivity contribution in [1.29, 1.82) is 5.26 Å². The van der Waals surface area contributed by atoms with Crippen molar-refractivity contribution >= 4 is 16.8 Å². The van der Waals surface area contributed by atoms with Gasteiger partial charge in [-0.3, -0.25) is 4.79 Å². The number of ether oxygens (including phenoxy) is 2. The van der Waals surface area contributed by atoms with Gasteiger partial charge < -0.3 is 25.1 Å². The van der Waals surface area contributed by atoms with Gasteiger partial charge in [0.2, 0.25) is 0 Å². The van der Waals surface area contributed by atoms with Crippen molar-refractivity contribution in [2.45, 2.75) is 19.4 Å². The van der Waals surface area contributed by atoms with Gasteiger partial charge in [-0.2, -0.15) is 5.26 Å². The van der Waals surface area contributed by atoms with Gasteiger partial charge in [0, 0.05) is 29.8 Å². The average Bonchev–Trinajstić information content (AvgIpc) is 3.21. The number of aromatic nitrogens is 1. The summed E-state index contributed by atoms with van der Waals surface area (Å²) in [4.78, 5) is 15.8. The topological polar surface area (TPSA) is 99.2 Å². The van der Waals surface area contributed by atoms with Crippen LogP contribution in [0.25, 0.3) is 10.9 Å². The van der Waals surface area contributed by atoms with Crippen LogP contribution in [-0.4, -0.2) is 31.7 Å². The van der Waals surface area contributed by atoms with Gasteiger partial charge >= 0.3 is 0 Å². The van der Waals surface area contributed by atoms with Gasteiger partial charge in [-0.15, -0.1) is 0 Å². The Balaban J connectivity index is 1.58. The molecule has 1 aromatic heterocycles. The molecular weight excluding hydrogens is 392 g/mol. The monoisotopic (exact) mass is 418 g/mol. The predicted molar refractivity (Wildman–Crippen MR) is 120 cm³/mol. The molecule has 31 heavy (non-hydrogen) atoms. The molecule has 0 aliphatic carbocycles. The Morgan fingerprint density at radius 2 is 1.97 bits per heavy atom. The summed E-state index contributed by atoms with van der Waals surface area (Å²) in [6, 6.07) is 15.2. The first-order valence-electron chi connectivity index (χ1n) is 9.98. The molecule has 7 heteroatoms. The molecule has 2 aromatic carbocycles. The molecule has 3 aromatic rings. The second kappa shape index (κ2) is 10.2. The van der Waals surface area contributed by atoms with Crippen LogP contribution in [0.4, 0.5) is 0 Å². The number of carbonyl (C=O) groups excluding carboxylic acids is 1. The normalized spacial score (nSPS) is 12.1. The zero-order valence-electron chi connectivity index (χ0n) is 17.9. The van der Waals surface area contributed by atoms with Crippen LogP contribution in [0.2, 0.25) is 0 Å². The standard InChI is InChI=1S/C24H26N4O3/c1-16(17-8-9-22(30-2)23(12-17)31-3)28-24(29)19(13-25)14-26-11-10-18-15-27-21-7-5-4-6-20(18)21/h4-9,12,14-16,26-27H,10-11H2,1-3H3,(H,28,29)/b19-14-. The molecule has 160 valence electrons. The van der Waals surface area contributed by atoms with Crippen molar-refractivity contribution in [2.24, 2.45) is 0 Å². The first-order valence-corrected chi connectivity index (χ1v) is 9.98. The van der Waals surface area contributed by atoms with E-state index in [0.29, 0.717) is 18.0 Å². The molecule has 0 radical (unpaired) electrons. The number of H-pyrrole nitrogens is 1. The first-order chi connectivity index (χ1) is 15.1. The molecule has 0 fully saturated rings. The fourth-order valence-corrected chi connectivity index (χ4v) is 3.35. The van der Waals surface area contributed by atoms with E-state index in [1.54, 1.807) is 26.4 Å². The van der Waals surface area contributed by atoms with E-state index in [1.165, 1.54) is 17.1 Å². The Bertz CT molecular complexity index is 1130. The van der Waals surface area contributed by atoms with Gasteiger partial charge in [0.1, 0.15) is 11.6 Å². The van der Waals surface area contributed by atoms with Crippen molar-refractivity contribution in [1.82, 2.24) is 15.6 Å². The van der Waals surface area contributed by atoms with Gasteiger partial charge in [0.25, 0.3) is 5.91 Å². The summed E-state index contributed by atoms with van der Waals surface area (Å²) in [5.41, 5.74) is 3.14. The Kier molecular flexibility index (Phi) is 7.17. The summed E-state index contributed by atoms with van der Waals surface area (Å²) in [5.74, 6) is 0.752. The third-order valence-electron chi connectivity index (χ3n) is 5.08. The maximum absolute atomic E-state index is 12.5. The number of amides is 1. The molecule has 1 atom stereocenters. The Labute approximate surface area is 181 Å². The highest BCUT2D eigenvalue weighted by Crippen LogP contribution is 2.29. The van der Waals surface area contributed by atoms with Crippen LogP contribution in [0.15, 0.2) is 60.4 Å². The molecule has 3 N–H and O–H groups in total. The van der Waals surface area contributed by atoms with Crippen LogP contribution in [0.1, 0.15) is 24.1 Å². The van der Waals surface area contributed by atoms with Gasteiger partial charge in [-0.05, 0) is 42.7 Å². The molecule has 0 bridgehead atoms. The molecule has 3 rings (SSSR count). The van der Waals surface area contributed by atoms with Crippen molar-refractivity contribution in [3.05, 3.63) is 71.6 Å². The second-order valence-corrected chi connectivity index (χ2v) is 7.04. The highest BCUT2D eigenvalue weighted by Gasteiger charge is 2.15. The molecule has 0 spiro atoms. The SMILES string of the molecule is COc1ccc(C(C)NC(=O)/C(C#N)=C\NCCc2c[nH]c3ccccc23)cc1OC. The van der Waals surface area contributed by atoms with E-state index in [4.69, 9.17) is 9.47 Å². The predicted octanol–water partition coefficient (Wildman–Crippen LogP) is 3.60. The Morgan fingerprint density at radius 3 is 2.71 bits per heavy atom. The van der Waals surface area contributed by atoms with E-state index in [0.717, 1.165) is 17.5 Å². The highest BCUT2D eigenvalue weighted by molar-refractivity contribution is 5.97. The summed E-state index contributed by atoms with van der Waals surface area (Å²) in [6.45, 7) is 2.45. The minimum absolute atomic E-state index is 0.0197. The van der Waals surface area contributed by atoms with Crippen molar-refractivity contribution < 1.29 is 14.3 Å². The number of nitriles is 1. The number of carbonyl (C=O) groups is 1. The maximum atomic E-state index is 12.5. The van der Waals surface area contributed by atoms with E-state index in [-0.39, 0.29) is 11.6 Å². The van der Waals surface area contributed by atoms with Crippen LogP contribution >= 0.6 is 0 Å². The summed E-state index contributed by atoms with van der Waals surface area (Å²) in [7, 11) is 3.13. The molecular formula is C24H26N4O3. The zero-order chi connectivity index (χ0) is 22.2. The second-order valence-electron chi connectivity index (χ2n) is 7.04. The minimum Gasteiger partial charge on any atom is -0.493 e. The van der Waals surface area contributed by atoms with Crippen LogP contribution < -0.4 is 20.1 Å². The minimum atomic E-state index is -0.440. The number of para-hydroxylation sites is 1. The fourth-order valence-electron chi connectivity index (χ4n) is 3.35.